The lowest BCUT2D eigenvalue weighted by molar-refractivity contribution is -0.133. The second-order valence-electron chi connectivity index (χ2n) is 7.25. The van der Waals surface area contributed by atoms with E-state index in [1.165, 1.54) is 0 Å². The molecular formula is C22H23N5O2. The standard InChI is InChI=1S/C22H23N5O2/c28-21(14-16-7-10-23-11-8-16)27-13-1-2-18(15-27)22(29)25-19-5-3-17(4-6-19)20-9-12-24-26-20/h3-12,18H,1-2,13-15H2,(H,24,26)(H,25,29)/t18-/m1/s1. The van der Waals surface area contributed by atoms with Crippen LogP contribution in [-0.4, -0.2) is 45.0 Å². The molecule has 29 heavy (non-hydrogen) atoms. The summed E-state index contributed by atoms with van der Waals surface area (Å²) in [6.07, 6.45) is 7.04. The molecule has 1 atom stereocenters. The Morgan fingerprint density at radius 1 is 1.07 bits per heavy atom. The number of hydrogen-bond donors (Lipinski definition) is 2. The lowest BCUT2D eigenvalue weighted by atomic mass is 9.96. The molecule has 1 aliphatic rings. The van der Waals surface area contributed by atoms with Crippen LogP contribution in [0.4, 0.5) is 5.69 Å². The van der Waals surface area contributed by atoms with Gasteiger partial charge in [-0.2, -0.15) is 5.10 Å². The van der Waals surface area contributed by atoms with Crippen LogP contribution in [0.25, 0.3) is 11.3 Å². The molecule has 7 heteroatoms. The minimum absolute atomic E-state index is 0.0410. The quantitative estimate of drug-likeness (QED) is 0.702. The van der Waals surface area contributed by atoms with Gasteiger partial charge in [-0.1, -0.05) is 12.1 Å². The normalized spacial score (nSPS) is 16.4. The number of rotatable bonds is 5. The van der Waals surface area contributed by atoms with Crippen molar-refractivity contribution in [1.29, 1.82) is 0 Å². The maximum atomic E-state index is 12.7. The van der Waals surface area contributed by atoms with Crippen LogP contribution in [0.5, 0.6) is 0 Å². The molecule has 0 unspecified atom stereocenters. The van der Waals surface area contributed by atoms with Crippen LogP contribution in [0, 0.1) is 5.92 Å². The Labute approximate surface area is 169 Å². The largest absolute Gasteiger partial charge is 0.342 e. The van der Waals surface area contributed by atoms with Gasteiger partial charge in [0.2, 0.25) is 11.8 Å². The van der Waals surface area contributed by atoms with Gasteiger partial charge in [-0.05, 0) is 54.3 Å². The highest BCUT2D eigenvalue weighted by Gasteiger charge is 2.28. The van der Waals surface area contributed by atoms with Gasteiger partial charge in [0.15, 0.2) is 0 Å². The van der Waals surface area contributed by atoms with E-state index < -0.39 is 0 Å². The molecule has 2 aromatic heterocycles. The number of carbonyl (C=O) groups excluding carboxylic acids is 2. The number of amides is 2. The van der Waals surface area contributed by atoms with E-state index >= 15 is 0 Å². The van der Waals surface area contributed by atoms with Gasteiger partial charge < -0.3 is 10.2 Å². The number of piperidine rings is 1. The van der Waals surface area contributed by atoms with Crippen molar-refractivity contribution in [1.82, 2.24) is 20.1 Å². The number of carbonyl (C=O) groups is 2. The van der Waals surface area contributed by atoms with Crippen molar-refractivity contribution >= 4 is 17.5 Å². The molecule has 3 heterocycles. The maximum absolute atomic E-state index is 12.7. The monoisotopic (exact) mass is 389 g/mol. The number of likely N-dealkylation sites (tertiary alicyclic amines) is 1. The zero-order valence-corrected chi connectivity index (χ0v) is 16.0. The molecule has 148 valence electrons. The Balaban J connectivity index is 1.34. The third-order valence-electron chi connectivity index (χ3n) is 5.21. The molecule has 1 saturated heterocycles. The smallest absolute Gasteiger partial charge is 0.229 e. The summed E-state index contributed by atoms with van der Waals surface area (Å²) in [6.45, 7) is 1.16. The minimum Gasteiger partial charge on any atom is -0.342 e. The number of aromatic amines is 1. The van der Waals surface area contributed by atoms with E-state index in [4.69, 9.17) is 0 Å². The Bertz CT molecular complexity index is 955. The highest BCUT2D eigenvalue weighted by molar-refractivity contribution is 5.93. The first-order valence-electron chi connectivity index (χ1n) is 9.76. The number of pyridine rings is 1. The van der Waals surface area contributed by atoms with Gasteiger partial charge in [0, 0.05) is 37.4 Å². The predicted molar refractivity (Wildman–Crippen MR) is 110 cm³/mol. The first-order chi connectivity index (χ1) is 14.2. The van der Waals surface area contributed by atoms with Crippen molar-refractivity contribution in [2.75, 3.05) is 18.4 Å². The van der Waals surface area contributed by atoms with Crippen molar-refractivity contribution in [3.05, 3.63) is 66.6 Å². The molecule has 0 spiro atoms. The summed E-state index contributed by atoms with van der Waals surface area (Å²) in [4.78, 5) is 31.1. The fourth-order valence-corrected chi connectivity index (χ4v) is 3.60. The molecular weight excluding hydrogens is 366 g/mol. The van der Waals surface area contributed by atoms with E-state index in [1.807, 2.05) is 42.5 Å². The Morgan fingerprint density at radius 3 is 2.59 bits per heavy atom. The van der Waals surface area contributed by atoms with Crippen molar-refractivity contribution < 1.29 is 9.59 Å². The number of nitrogens with zero attached hydrogens (tertiary/aromatic N) is 3. The summed E-state index contributed by atoms with van der Waals surface area (Å²) in [6, 6.07) is 13.2. The summed E-state index contributed by atoms with van der Waals surface area (Å²) in [5, 5.41) is 9.85. The lowest BCUT2D eigenvalue weighted by Gasteiger charge is -2.32. The molecule has 1 fully saturated rings. The van der Waals surface area contributed by atoms with Crippen molar-refractivity contribution in [3.8, 4) is 11.3 Å². The van der Waals surface area contributed by atoms with Crippen LogP contribution in [0.3, 0.4) is 0 Å². The van der Waals surface area contributed by atoms with Gasteiger partial charge in [-0.15, -0.1) is 0 Å². The van der Waals surface area contributed by atoms with E-state index in [9.17, 15) is 9.59 Å². The van der Waals surface area contributed by atoms with Gasteiger partial charge in [-0.3, -0.25) is 19.7 Å². The Morgan fingerprint density at radius 2 is 1.86 bits per heavy atom. The third-order valence-corrected chi connectivity index (χ3v) is 5.21. The molecule has 0 radical (unpaired) electrons. The molecule has 1 aromatic carbocycles. The van der Waals surface area contributed by atoms with Gasteiger partial charge in [0.25, 0.3) is 0 Å². The zero-order valence-electron chi connectivity index (χ0n) is 16.0. The van der Waals surface area contributed by atoms with Gasteiger partial charge in [0.05, 0.1) is 18.0 Å². The number of nitrogens with one attached hydrogen (secondary N) is 2. The SMILES string of the molecule is O=C(Nc1ccc(-c2ccn[nH]2)cc1)[C@@H]1CCCN(C(=O)Cc2ccncc2)C1. The van der Waals surface area contributed by atoms with Gasteiger partial charge >= 0.3 is 0 Å². The van der Waals surface area contributed by atoms with Gasteiger partial charge in [-0.25, -0.2) is 0 Å². The van der Waals surface area contributed by atoms with Crippen LogP contribution in [0.15, 0.2) is 61.1 Å². The average Bonchev–Trinajstić information content (AvgIpc) is 3.30. The third kappa shape index (κ3) is 4.68. The molecule has 7 nitrogen and oxygen atoms in total. The number of hydrogen-bond acceptors (Lipinski definition) is 4. The van der Waals surface area contributed by atoms with Crippen LogP contribution >= 0.6 is 0 Å². The predicted octanol–water partition coefficient (Wildman–Crippen LogP) is 2.89. The summed E-state index contributed by atoms with van der Waals surface area (Å²) >= 11 is 0. The lowest BCUT2D eigenvalue weighted by Crippen LogP contribution is -2.44. The molecule has 3 aromatic rings. The number of benzene rings is 1. The molecule has 0 saturated carbocycles. The highest BCUT2D eigenvalue weighted by Crippen LogP contribution is 2.22. The molecule has 0 bridgehead atoms. The molecule has 0 aliphatic carbocycles. The first kappa shape index (κ1) is 18.9. The zero-order chi connectivity index (χ0) is 20.1. The number of H-pyrrole nitrogens is 1. The summed E-state index contributed by atoms with van der Waals surface area (Å²) in [5.74, 6) is -0.185. The van der Waals surface area contributed by atoms with Crippen molar-refractivity contribution in [3.63, 3.8) is 0 Å². The van der Waals surface area contributed by atoms with E-state index in [1.54, 1.807) is 23.5 Å². The van der Waals surface area contributed by atoms with E-state index in [0.29, 0.717) is 19.5 Å². The average molecular weight is 389 g/mol. The fraction of sp³-hybridized carbons (Fsp3) is 0.273. The second kappa shape index (κ2) is 8.68. The molecule has 2 N–H and O–H groups in total. The van der Waals surface area contributed by atoms with Crippen molar-refractivity contribution in [2.24, 2.45) is 5.92 Å². The van der Waals surface area contributed by atoms with Crippen LogP contribution in [-0.2, 0) is 16.0 Å². The number of anilines is 1. The maximum Gasteiger partial charge on any atom is 0.229 e. The van der Waals surface area contributed by atoms with Crippen molar-refractivity contribution in [2.45, 2.75) is 19.3 Å². The van der Waals surface area contributed by atoms with Crippen LogP contribution in [0.1, 0.15) is 18.4 Å². The first-order valence-corrected chi connectivity index (χ1v) is 9.76. The molecule has 2 amide bonds. The summed E-state index contributed by atoms with van der Waals surface area (Å²) in [5.41, 5.74) is 3.62. The second-order valence-corrected chi connectivity index (χ2v) is 7.25. The summed E-state index contributed by atoms with van der Waals surface area (Å²) in [7, 11) is 0. The number of aromatic nitrogens is 3. The minimum atomic E-state index is -0.197. The van der Waals surface area contributed by atoms with Crippen LogP contribution < -0.4 is 5.32 Å². The summed E-state index contributed by atoms with van der Waals surface area (Å²) < 4.78 is 0. The highest BCUT2D eigenvalue weighted by atomic mass is 16.2. The van der Waals surface area contributed by atoms with E-state index in [0.717, 1.165) is 35.3 Å². The van der Waals surface area contributed by atoms with E-state index in [2.05, 4.69) is 20.5 Å². The molecule has 1 aliphatic heterocycles. The fourth-order valence-electron chi connectivity index (χ4n) is 3.60. The Kier molecular flexibility index (Phi) is 5.65. The van der Waals surface area contributed by atoms with E-state index in [-0.39, 0.29) is 17.7 Å². The molecule has 4 rings (SSSR count). The Hall–Kier alpha value is -3.48. The van der Waals surface area contributed by atoms with Gasteiger partial charge in [0.1, 0.15) is 0 Å². The van der Waals surface area contributed by atoms with Crippen LogP contribution in [0.2, 0.25) is 0 Å². The topological polar surface area (TPSA) is 91.0 Å².